The van der Waals surface area contributed by atoms with Gasteiger partial charge < -0.3 is 0 Å². The molecule has 0 spiro atoms. The Kier molecular flexibility index (Phi) is 24.0. The van der Waals surface area contributed by atoms with Crippen molar-refractivity contribution >= 4 is 75.7 Å². The van der Waals surface area contributed by atoms with Crippen molar-refractivity contribution in [2.45, 2.75) is 4.30 Å². The molecule has 0 aliphatic carbocycles. The molecular formula is CH4Cl3NaO3S. The Morgan fingerprint density at radius 2 is 1.22 bits per heavy atom. The van der Waals surface area contributed by atoms with Crippen LogP contribution in [0.3, 0.4) is 0 Å². The van der Waals surface area contributed by atoms with Gasteiger partial charge in [-0.25, -0.2) is 0 Å². The molecule has 9 heavy (non-hydrogen) atoms. The van der Waals surface area contributed by atoms with Gasteiger partial charge in [0.1, 0.15) is 0 Å². The standard InChI is InChI=1S/CHCl3.Na.H2O3S.H/c2-1(3)4;;1-4(2)3;/h1H;;(H2,1,2,3);. The molecule has 3 nitrogen and oxygen atoms in total. The summed E-state index contributed by atoms with van der Waals surface area (Å²) in [7, 11) is 0. The van der Waals surface area contributed by atoms with Crippen molar-refractivity contribution in [1.82, 2.24) is 0 Å². The van der Waals surface area contributed by atoms with E-state index in [0.717, 1.165) is 0 Å². The fourth-order valence-corrected chi connectivity index (χ4v) is 0. The SMILES string of the molecule is ClC(Cl)Cl.O=S(O)O.[NaH]. The second-order valence-corrected chi connectivity index (χ2v) is 2.92. The van der Waals surface area contributed by atoms with E-state index in [1.54, 1.807) is 0 Å². The average Bonchev–Trinajstić information content (AvgIpc) is 1.25. The van der Waals surface area contributed by atoms with E-state index in [2.05, 4.69) is 0 Å². The summed E-state index contributed by atoms with van der Waals surface area (Å²) >= 11 is 11.8. The van der Waals surface area contributed by atoms with Crippen LogP contribution in [0.2, 0.25) is 0 Å². The summed E-state index contributed by atoms with van der Waals surface area (Å²) in [6, 6.07) is 0. The van der Waals surface area contributed by atoms with Crippen LogP contribution < -0.4 is 0 Å². The van der Waals surface area contributed by atoms with Crippen molar-refractivity contribution in [2.24, 2.45) is 0 Å². The monoisotopic (exact) mass is 224 g/mol. The second kappa shape index (κ2) is 12.6. The molecule has 0 atom stereocenters. The minimum atomic E-state index is -2.61. The molecule has 0 saturated heterocycles. The Hall–Kier alpha value is 1.94. The Balaban J connectivity index is -0.0000000720. The molecule has 0 aliphatic rings. The number of halogens is 3. The van der Waals surface area contributed by atoms with Gasteiger partial charge in [-0.15, -0.1) is 0 Å². The van der Waals surface area contributed by atoms with Gasteiger partial charge in [-0.2, -0.15) is 4.21 Å². The summed E-state index contributed by atoms with van der Waals surface area (Å²) in [4.78, 5) is 0. The molecule has 0 aromatic rings. The normalized spacial score (nSPS) is 7.89. The summed E-state index contributed by atoms with van der Waals surface area (Å²) in [5, 5.41) is 0. The van der Waals surface area contributed by atoms with E-state index < -0.39 is 15.7 Å². The molecular weight excluding hydrogens is 221 g/mol. The first-order valence-electron chi connectivity index (χ1n) is 1.19. The number of alkyl halides is 3. The zero-order valence-corrected chi connectivity index (χ0v) is 6.51. The number of rotatable bonds is 0. The van der Waals surface area contributed by atoms with Crippen molar-refractivity contribution in [3.8, 4) is 0 Å². The van der Waals surface area contributed by atoms with Gasteiger partial charge in [0, 0.05) is 0 Å². The first-order valence-corrected chi connectivity index (χ1v) is 3.56. The van der Waals surface area contributed by atoms with E-state index in [1.807, 2.05) is 0 Å². The van der Waals surface area contributed by atoms with E-state index in [-0.39, 0.29) is 29.6 Å². The summed E-state index contributed by atoms with van der Waals surface area (Å²) in [6.45, 7) is 0. The molecule has 0 amide bonds. The Bertz CT molecular complexity index is 63.3. The van der Waals surface area contributed by atoms with Gasteiger partial charge in [0.2, 0.25) is 0 Å². The Morgan fingerprint density at radius 1 is 1.22 bits per heavy atom. The molecule has 0 aromatic carbocycles. The van der Waals surface area contributed by atoms with E-state index >= 15 is 0 Å². The van der Waals surface area contributed by atoms with Crippen molar-refractivity contribution in [3.63, 3.8) is 0 Å². The van der Waals surface area contributed by atoms with Gasteiger partial charge >= 0.3 is 29.6 Å². The van der Waals surface area contributed by atoms with E-state index in [1.165, 1.54) is 0 Å². The molecule has 0 fully saturated rings. The quantitative estimate of drug-likeness (QED) is 0.368. The molecule has 2 N–H and O–H groups in total. The predicted molar refractivity (Wildman–Crippen MR) is 41.9 cm³/mol. The van der Waals surface area contributed by atoms with E-state index in [9.17, 15) is 0 Å². The number of hydrogen-bond acceptors (Lipinski definition) is 1. The topological polar surface area (TPSA) is 57.5 Å². The second-order valence-electron chi connectivity index (χ2n) is 0.478. The van der Waals surface area contributed by atoms with E-state index in [4.69, 9.17) is 48.1 Å². The molecule has 8 heteroatoms. The van der Waals surface area contributed by atoms with Crippen LogP contribution in [0.15, 0.2) is 0 Å². The van der Waals surface area contributed by atoms with Crippen LogP contribution in [0.5, 0.6) is 0 Å². The maximum atomic E-state index is 8.67. The molecule has 0 saturated carbocycles. The van der Waals surface area contributed by atoms with Crippen LogP contribution in [-0.2, 0) is 11.4 Å². The maximum absolute atomic E-state index is 8.67. The van der Waals surface area contributed by atoms with Gasteiger partial charge in [0.05, 0.1) is 0 Å². The third-order valence-electron chi connectivity index (χ3n) is 0. The molecule has 0 unspecified atom stereocenters. The van der Waals surface area contributed by atoms with Crippen LogP contribution in [0.1, 0.15) is 0 Å². The van der Waals surface area contributed by atoms with Crippen molar-refractivity contribution in [1.29, 1.82) is 0 Å². The van der Waals surface area contributed by atoms with Gasteiger partial charge in [-0.1, -0.05) is 34.8 Å². The molecule has 0 bridgehead atoms. The summed E-state index contributed by atoms with van der Waals surface area (Å²) in [5.74, 6) is 0. The molecule has 0 aromatic heterocycles. The third-order valence-corrected chi connectivity index (χ3v) is 0. The zero-order valence-electron chi connectivity index (χ0n) is 3.42. The van der Waals surface area contributed by atoms with Crippen LogP contribution in [0, 0.1) is 0 Å². The van der Waals surface area contributed by atoms with Crippen molar-refractivity contribution in [2.75, 3.05) is 0 Å². The number of hydrogen-bond donors (Lipinski definition) is 2. The molecule has 0 rings (SSSR count). The van der Waals surface area contributed by atoms with Gasteiger partial charge in [-0.3, -0.25) is 9.11 Å². The van der Waals surface area contributed by atoms with Crippen LogP contribution in [-0.4, -0.2) is 47.2 Å². The predicted octanol–water partition coefficient (Wildman–Crippen LogP) is 1.02. The summed E-state index contributed by atoms with van der Waals surface area (Å²) in [5.41, 5.74) is 0. The van der Waals surface area contributed by atoms with Gasteiger partial charge in [0.25, 0.3) is 11.4 Å². The van der Waals surface area contributed by atoms with Gasteiger partial charge in [0.15, 0.2) is 4.30 Å². The third kappa shape index (κ3) is 167. The van der Waals surface area contributed by atoms with Gasteiger partial charge in [-0.05, 0) is 0 Å². The fraction of sp³-hybridized carbons (Fsp3) is 1.00. The summed E-state index contributed by atoms with van der Waals surface area (Å²) < 4.78 is 22.1. The van der Waals surface area contributed by atoms with Crippen LogP contribution >= 0.6 is 34.8 Å². The average molecular weight is 225 g/mol. The van der Waals surface area contributed by atoms with Crippen molar-refractivity contribution < 1.29 is 13.3 Å². The zero-order chi connectivity index (χ0) is 7.15. The van der Waals surface area contributed by atoms with Crippen LogP contribution in [0.4, 0.5) is 0 Å². The van der Waals surface area contributed by atoms with Crippen LogP contribution in [0.25, 0.3) is 0 Å². The minimum absolute atomic E-state index is 0. The van der Waals surface area contributed by atoms with Crippen molar-refractivity contribution in [3.05, 3.63) is 0 Å². The summed E-state index contributed by atoms with van der Waals surface area (Å²) in [6.07, 6.45) is 0. The molecule has 0 aliphatic heterocycles. The fourth-order valence-electron chi connectivity index (χ4n) is 0. The Labute approximate surface area is 92.4 Å². The first-order chi connectivity index (χ1) is 3.46. The Morgan fingerprint density at radius 3 is 1.22 bits per heavy atom. The molecule has 54 valence electrons. The molecule has 0 radical (unpaired) electrons. The van der Waals surface area contributed by atoms with E-state index in [0.29, 0.717) is 0 Å². The molecule has 0 heterocycles. The first kappa shape index (κ1) is 17.1.